The fourth-order valence-corrected chi connectivity index (χ4v) is 2.16. The van der Waals surface area contributed by atoms with Crippen LogP contribution in [0.5, 0.6) is 0 Å². The molecular formula is C10H20O. The van der Waals surface area contributed by atoms with Gasteiger partial charge in [-0.25, -0.2) is 0 Å². The molecule has 1 saturated carbocycles. The van der Waals surface area contributed by atoms with Crippen molar-refractivity contribution in [1.82, 2.24) is 0 Å². The second kappa shape index (κ2) is 4.10. The van der Waals surface area contributed by atoms with Gasteiger partial charge in [-0.1, -0.05) is 26.7 Å². The summed E-state index contributed by atoms with van der Waals surface area (Å²) >= 11 is 0. The lowest BCUT2D eigenvalue weighted by Crippen LogP contribution is -2.25. The first kappa shape index (κ1) is 9.05. The van der Waals surface area contributed by atoms with Crippen LogP contribution in [-0.4, -0.2) is 11.2 Å². The average molecular weight is 156 g/mol. The summed E-state index contributed by atoms with van der Waals surface area (Å²) < 4.78 is 0. The fraction of sp³-hybridized carbons (Fsp3) is 1.00. The minimum Gasteiger partial charge on any atom is -0.393 e. The zero-order valence-corrected chi connectivity index (χ0v) is 7.71. The van der Waals surface area contributed by atoms with E-state index in [0.29, 0.717) is 5.92 Å². The number of hydrogen-bond acceptors (Lipinski definition) is 1. The van der Waals surface area contributed by atoms with Gasteiger partial charge in [0.1, 0.15) is 0 Å². The van der Waals surface area contributed by atoms with Crippen LogP contribution in [0.15, 0.2) is 0 Å². The van der Waals surface area contributed by atoms with E-state index >= 15 is 0 Å². The highest BCUT2D eigenvalue weighted by molar-refractivity contribution is 4.75. The van der Waals surface area contributed by atoms with Crippen LogP contribution < -0.4 is 0 Å². The Balaban J connectivity index is 2.33. The fourth-order valence-electron chi connectivity index (χ4n) is 2.16. The minimum atomic E-state index is -0.0299. The Bertz CT molecular complexity index is 111. The van der Waals surface area contributed by atoms with E-state index in [-0.39, 0.29) is 6.10 Å². The zero-order valence-electron chi connectivity index (χ0n) is 7.71. The SMILES string of the molecule is CC[C@@H](O)C1CCCC(C)C1. The van der Waals surface area contributed by atoms with E-state index in [1.807, 2.05) is 0 Å². The minimum absolute atomic E-state index is 0.0299. The molecule has 1 rings (SSSR count). The average Bonchev–Trinajstić information content (AvgIpc) is 2.03. The molecular weight excluding hydrogens is 136 g/mol. The largest absolute Gasteiger partial charge is 0.393 e. The van der Waals surface area contributed by atoms with Gasteiger partial charge in [-0.3, -0.25) is 0 Å². The van der Waals surface area contributed by atoms with Crippen LogP contribution in [0.4, 0.5) is 0 Å². The van der Waals surface area contributed by atoms with Crippen LogP contribution in [-0.2, 0) is 0 Å². The standard InChI is InChI=1S/C10H20O/c1-3-10(11)9-6-4-5-8(2)7-9/h8-11H,3-7H2,1-2H3/t8?,9?,10-/m1/s1. The molecule has 1 N–H and O–H groups in total. The Morgan fingerprint density at radius 2 is 2.18 bits per heavy atom. The van der Waals surface area contributed by atoms with Gasteiger partial charge in [-0.2, -0.15) is 0 Å². The van der Waals surface area contributed by atoms with Crippen molar-refractivity contribution >= 4 is 0 Å². The molecule has 1 fully saturated rings. The Kier molecular flexibility index (Phi) is 3.38. The molecule has 1 aliphatic carbocycles. The van der Waals surface area contributed by atoms with Crippen molar-refractivity contribution in [3.63, 3.8) is 0 Å². The maximum absolute atomic E-state index is 9.60. The van der Waals surface area contributed by atoms with Crippen molar-refractivity contribution in [2.45, 2.75) is 52.1 Å². The monoisotopic (exact) mass is 156 g/mol. The lowest BCUT2D eigenvalue weighted by atomic mass is 9.79. The van der Waals surface area contributed by atoms with E-state index in [2.05, 4.69) is 13.8 Å². The van der Waals surface area contributed by atoms with Crippen LogP contribution in [0.25, 0.3) is 0 Å². The Hall–Kier alpha value is -0.0400. The van der Waals surface area contributed by atoms with Gasteiger partial charge in [0.15, 0.2) is 0 Å². The van der Waals surface area contributed by atoms with E-state index in [1.54, 1.807) is 0 Å². The van der Waals surface area contributed by atoms with Crippen LogP contribution in [0, 0.1) is 11.8 Å². The number of hydrogen-bond donors (Lipinski definition) is 1. The van der Waals surface area contributed by atoms with Gasteiger partial charge in [0, 0.05) is 0 Å². The normalized spacial score (nSPS) is 35.2. The summed E-state index contributed by atoms with van der Waals surface area (Å²) in [6, 6.07) is 0. The van der Waals surface area contributed by atoms with Gasteiger partial charge in [-0.15, -0.1) is 0 Å². The number of aliphatic hydroxyl groups is 1. The van der Waals surface area contributed by atoms with E-state index in [4.69, 9.17) is 0 Å². The third-order valence-electron chi connectivity index (χ3n) is 2.94. The van der Waals surface area contributed by atoms with Crippen molar-refractivity contribution in [3.8, 4) is 0 Å². The molecule has 0 bridgehead atoms. The van der Waals surface area contributed by atoms with E-state index in [9.17, 15) is 5.11 Å². The Morgan fingerprint density at radius 1 is 1.45 bits per heavy atom. The molecule has 1 aliphatic rings. The van der Waals surface area contributed by atoms with Gasteiger partial charge in [0.05, 0.1) is 6.10 Å². The van der Waals surface area contributed by atoms with E-state index < -0.39 is 0 Å². The molecule has 0 aromatic carbocycles. The Morgan fingerprint density at radius 3 is 2.73 bits per heavy atom. The van der Waals surface area contributed by atoms with Crippen LogP contribution in [0.3, 0.4) is 0 Å². The van der Waals surface area contributed by atoms with E-state index in [0.717, 1.165) is 12.3 Å². The highest BCUT2D eigenvalue weighted by atomic mass is 16.3. The second-order valence-electron chi connectivity index (χ2n) is 4.01. The van der Waals surface area contributed by atoms with Crippen molar-refractivity contribution in [3.05, 3.63) is 0 Å². The van der Waals surface area contributed by atoms with Crippen LogP contribution in [0.2, 0.25) is 0 Å². The van der Waals surface area contributed by atoms with Crippen LogP contribution >= 0.6 is 0 Å². The highest BCUT2D eigenvalue weighted by Gasteiger charge is 2.23. The molecule has 1 nitrogen and oxygen atoms in total. The van der Waals surface area contributed by atoms with Crippen molar-refractivity contribution in [2.24, 2.45) is 11.8 Å². The van der Waals surface area contributed by atoms with Crippen molar-refractivity contribution < 1.29 is 5.11 Å². The molecule has 0 aliphatic heterocycles. The summed E-state index contributed by atoms with van der Waals surface area (Å²) in [5.41, 5.74) is 0. The van der Waals surface area contributed by atoms with Crippen molar-refractivity contribution in [1.29, 1.82) is 0 Å². The van der Waals surface area contributed by atoms with Gasteiger partial charge in [0.25, 0.3) is 0 Å². The van der Waals surface area contributed by atoms with Gasteiger partial charge >= 0.3 is 0 Å². The molecule has 0 amide bonds. The van der Waals surface area contributed by atoms with Gasteiger partial charge in [-0.05, 0) is 31.1 Å². The molecule has 11 heavy (non-hydrogen) atoms. The molecule has 0 aromatic heterocycles. The molecule has 0 saturated heterocycles. The molecule has 0 radical (unpaired) electrons. The summed E-state index contributed by atoms with van der Waals surface area (Å²) in [5, 5.41) is 9.60. The lowest BCUT2D eigenvalue weighted by molar-refractivity contribution is 0.0688. The van der Waals surface area contributed by atoms with Gasteiger partial charge < -0.3 is 5.11 Å². The first-order valence-electron chi connectivity index (χ1n) is 4.92. The molecule has 3 atom stereocenters. The van der Waals surface area contributed by atoms with Gasteiger partial charge in [0.2, 0.25) is 0 Å². The predicted molar refractivity (Wildman–Crippen MR) is 47.4 cm³/mol. The molecule has 0 heterocycles. The first-order chi connectivity index (χ1) is 5.24. The van der Waals surface area contributed by atoms with Crippen LogP contribution in [0.1, 0.15) is 46.0 Å². The quantitative estimate of drug-likeness (QED) is 0.651. The summed E-state index contributed by atoms with van der Waals surface area (Å²) in [6.45, 7) is 4.37. The zero-order chi connectivity index (χ0) is 8.27. The molecule has 1 heteroatoms. The Labute approximate surface area is 69.8 Å². The maximum Gasteiger partial charge on any atom is 0.0565 e. The van der Waals surface area contributed by atoms with E-state index in [1.165, 1.54) is 25.7 Å². The molecule has 0 aromatic rings. The number of aliphatic hydroxyl groups excluding tert-OH is 1. The topological polar surface area (TPSA) is 20.2 Å². The van der Waals surface area contributed by atoms with Crippen molar-refractivity contribution in [2.75, 3.05) is 0 Å². The number of rotatable bonds is 2. The molecule has 2 unspecified atom stereocenters. The summed E-state index contributed by atoms with van der Waals surface area (Å²) in [7, 11) is 0. The third-order valence-corrected chi connectivity index (χ3v) is 2.94. The summed E-state index contributed by atoms with van der Waals surface area (Å²) in [5.74, 6) is 1.44. The smallest absolute Gasteiger partial charge is 0.0565 e. The first-order valence-corrected chi connectivity index (χ1v) is 4.92. The molecule has 66 valence electrons. The summed E-state index contributed by atoms with van der Waals surface area (Å²) in [6.07, 6.45) is 6.08. The third kappa shape index (κ3) is 2.48. The predicted octanol–water partition coefficient (Wildman–Crippen LogP) is 2.58. The highest BCUT2D eigenvalue weighted by Crippen LogP contribution is 2.31. The maximum atomic E-state index is 9.60. The molecule has 0 spiro atoms. The summed E-state index contributed by atoms with van der Waals surface area (Å²) in [4.78, 5) is 0. The lowest BCUT2D eigenvalue weighted by Gasteiger charge is -2.29. The second-order valence-corrected chi connectivity index (χ2v) is 4.01.